The second kappa shape index (κ2) is 6.89. The SMILES string of the molecule is Cc1nc(C)c(CNC(=O)NCC(C)(O)c2ccccc2)s1. The van der Waals surface area contributed by atoms with Crippen LogP contribution in [-0.4, -0.2) is 22.7 Å². The highest BCUT2D eigenvalue weighted by atomic mass is 32.1. The van der Waals surface area contributed by atoms with Gasteiger partial charge in [0.1, 0.15) is 5.60 Å². The molecule has 0 aliphatic rings. The number of benzene rings is 1. The summed E-state index contributed by atoms with van der Waals surface area (Å²) < 4.78 is 0. The molecular formula is C16H21N3O2S. The first-order valence-electron chi connectivity index (χ1n) is 7.11. The van der Waals surface area contributed by atoms with E-state index in [1.54, 1.807) is 18.3 Å². The van der Waals surface area contributed by atoms with Crippen molar-refractivity contribution < 1.29 is 9.90 Å². The number of nitrogens with one attached hydrogen (secondary N) is 2. The van der Waals surface area contributed by atoms with Gasteiger partial charge >= 0.3 is 6.03 Å². The van der Waals surface area contributed by atoms with E-state index in [2.05, 4.69) is 15.6 Å². The molecule has 0 aliphatic carbocycles. The number of aryl methyl sites for hydroxylation is 2. The number of rotatable bonds is 5. The predicted octanol–water partition coefficient (Wildman–Crippen LogP) is 2.47. The number of hydrogen-bond donors (Lipinski definition) is 3. The van der Waals surface area contributed by atoms with Crippen molar-refractivity contribution in [1.29, 1.82) is 0 Å². The number of urea groups is 1. The molecule has 2 aromatic rings. The highest BCUT2D eigenvalue weighted by Crippen LogP contribution is 2.19. The third-order valence-electron chi connectivity index (χ3n) is 3.40. The molecule has 0 spiro atoms. The van der Waals surface area contributed by atoms with Gasteiger partial charge in [-0.2, -0.15) is 0 Å². The largest absolute Gasteiger partial charge is 0.384 e. The van der Waals surface area contributed by atoms with Gasteiger partial charge in [-0.3, -0.25) is 0 Å². The van der Waals surface area contributed by atoms with Gasteiger partial charge in [-0.25, -0.2) is 9.78 Å². The van der Waals surface area contributed by atoms with Crippen LogP contribution in [0.25, 0.3) is 0 Å². The van der Waals surface area contributed by atoms with Crippen molar-refractivity contribution in [3.8, 4) is 0 Å². The lowest BCUT2D eigenvalue weighted by Crippen LogP contribution is -2.43. The number of aliphatic hydroxyl groups is 1. The van der Waals surface area contributed by atoms with Gasteiger partial charge < -0.3 is 15.7 Å². The van der Waals surface area contributed by atoms with Crippen LogP contribution in [0.5, 0.6) is 0 Å². The Labute approximate surface area is 134 Å². The molecule has 1 unspecified atom stereocenters. The van der Waals surface area contributed by atoms with Crippen LogP contribution in [0, 0.1) is 13.8 Å². The fourth-order valence-corrected chi connectivity index (χ4v) is 2.99. The Hall–Kier alpha value is -1.92. The van der Waals surface area contributed by atoms with E-state index in [0.717, 1.165) is 21.1 Å². The van der Waals surface area contributed by atoms with Crippen molar-refractivity contribution in [3.63, 3.8) is 0 Å². The second-order valence-corrected chi connectivity index (χ2v) is 6.71. The number of amides is 2. The summed E-state index contributed by atoms with van der Waals surface area (Å²) in [5.74, 6) is 0. The molecule has 1 heterocycles. The summed E-state index contributed by atoms with van der Waals surface area (Å²) >= 11 is 1.57. The van der Waals surface area contributed by atoms with Crippen LogP contribution in [0.2, 0.25) is 0 Å². The van der Waals surface area contributed by atoms with Gasteiger partial charge in [0, 0.05) is 4.88 Å². The second-order valence-electron chi connectivity index (χ2n) is 5.42. The van der Waals surface area contributed by atoms with Crippen LogP contribution in [0.1, 0.15) is 28.1 Å². The van der Waals surface area contributed by atoms with E-state index >= 15 is 0 Å². The lowest BCUT2D eigenvalue weighted by Gasteiger charge is -2.24. The molecule has 3 N–H and O–H groups in total. The lowest BCUT2D eigenvalue weighted by molar-refractivity contribution is 0.0594. The van der Waals surface area contributed by atoms with Crippen molar-refractivity contribution in [3.05, 3.63) is 51.5 Å². The Morgan fingerprint density at radius 1 is 1.27 bits per heavy atom. The first-order valence-corrected chi connectivity index (χ1v) is 7.92. The van der Waals surface area contributed by atoms with Crippen molar-refractivity contribution >= 4 is 17.4 Å². The zero-order chi connectivity index (χ0) is 16.2. The van der Waals surface area contributed by atoms with Crippen molar-refractivity contribution in [2.45, 2.75) is 32.9 Å². The van der Waals surface area contributed by atoms with Gasteiger partial charge in [-0.1, -0.05) is 30.3 Å². The fourth-order valence-electron chi connectivity index (χ4n) is 2.11. The number of thiazole rings is 1. The number of carbonyl (C=O) groups excluding carboxylic acids is 1. The molecule has 1 aromatic carbocycles. The van der Waals surface area contributed by atoms with E-state index in [1.165, 1.54) is 0 Å². The Balaban J connectivity index is 1.84. The Morgan fingerprint density at radius 3 is 2.55 bits per heavy atom. The molecule has 0 aliphatic heterocycles. The lowest BCUT2D eigenvalue weighted by atomic mass is 9.96. The predicted molar refractivity (Wildman–Crippen MR) is 87.8 cm³/mol. The molecule has 6 heteroatoms. The Morgan fingerprint density at radius 2 is 1.95 bits per heavy atom. The van der Waals surface area contributed by atoms with Crippen LogP contribution in [0.15, 0.2) is 30.3 Å². The Kier molecular flexibility index (Phi) is 5.15. The molecule has 5 nitrogen and oxygen atoms in total. The van der Waals surface area contributed by atoms with Crippen LogP contribution in [0.4, 0.5) is 4.79 Å². The summed E-state index contributed by atoms with van der Waals surface area (Å²) in [6.07, 6.45) is 0. The zero-order valence-electron chi connectivity index (χ0n) is 13.0. The maximum atomic E-state index is 11.9. The van der Waals surface area contributed by atoms with Crippen molar-refractivity contribution in [2.75, 3.05) is 6.54 Å². The number of nitrogens with zero attached hydrogens (tertiary/aromatic N) is 1. The van der Waals surface area contributed by atoms with Gasteiger partial charge in [0.2, 0.25) is 0 Å². The number of aromatic nitrogens is 1. The fraction of sp³-hybridized carbons (Fsp3) is 0.375. The summed E-state index contributed by atoms with van der Waals surface area (Å²) in [4.78, 5) is 17.2. The third-order valence-corrected chi connectivity index (χ3v) is 4.47. The van der Waals surface area contributed by atoms with Crippen molar-refractivity contribution in [2.24, 2.45) is 0 Å². The van der Waals surface area contributed by atoms with Crippen LogP contribution < -0.4 is 10.6 Å². The molecular weight excluding hydrogens is 298 g/mol. The minimum absolute atomic E-state index is 0.142. The van der Waals surface area contributed by atoms with Gasteiger partial charge in [0.05, 0.1) is 23.8 Å². The number of hydrogen-bond acceptors (Lipinski definition) is 4. The quantitative estimate of drug-likeness (QED) is 0.792. The summed E-state index contributed by atoms with van der Waals surface area (Å²) in [6, 6.07) is 8.98. The monoisotopic (exact) mass is 319 g/mol. The van der Waals surface area contributed by atoms with Crippen LogP contribution >= 0.6 is 11.3 Å². The number of carbonyl (C=O) groups is 1. The standard InChI is InChI=1S/C16H21N3O2S/c1-11-14(22-12(2)19-11)9-17-15(20)18-10-16(3,21)13-7-5-4-6-8-13/h4-8,21H,9-10H2,1-3H3,(H2,17,18,20). The Bertz CT molecular complexity index is 638. The maximum Gasteiger partial charge on any atom is 0.315 e. The molecule has 0 saturated heterocycles. The van der Waals surface area contributed by atoms with Crippen LogP contribution in [0.3, 0.4) is 0 Å². The zero-order valence-corrected chi connectivity index (χ0v) is 13.8. The molecule has 2 amide bonds. The molecule has 0 fully saturated rings. The molecule has 0 saturated carbocycles. The average Bonchev–Trinajstić information content (AvgIpc) is 2.82. The van der Waals surface area contributed by atoms with Crippen LogP contribution in [-0.2, 0) is 12.1 Å². The normalized spacial score (nSPS) is 13.5. The van der Waals surface area contributed by atoms with Gasteiger partial charge in [-0.05, 0) is 26.3 Å². The topological polar surface area (TPSA) is 74.2 Å². The van der Waals surface area contributed by atoms with Crippen molar-refractivity contribution in [1.82, 2.24) is 15.6 Å². The molecule has 118 valence electrons. The molecule has 1 aromatic heterocycles. The summed E-state index contributed by atoms with van der Waals surface area (Å²) in [5.41, 5.74) is 0.610. The van der Waals surface area contributed by atoms with Gasteiger partial charge in [0.25, 0.3) is 0 Å². The highest BCUT2D eigenvalue weighted by molar-refractivity contribution is 7.11. The van der Waals surface area contributed by atoms with Gasteiger partial charge in [-0.15, -0.1) is 11.3 Å². The minimum atomic E-state index is -1.10. The average molecular weight is 319 g/mol. The van der Waals surface area contributed by atoms with E-state index in [4.69, 9.17) is 0 Å². The van der Waals surface area contributed by atoms with E-state index in [-0.39, 0.29) is 12.6 Å². The third kappa shape index (κ3) is 4.29. The first-order chi connectivity index (χ1) is 10.4. The van der Waals surface area contributed by atoms with E-state index in [9.17, 15) is 9.90 Å². The summed E-state index contributed by atoms with van der Waals surface area (Å²) in [6.45, 7) is 6.14. The highest BCUT2D eigenvalue weighted by Gasteiger charge is 2.23. The smallest absolute Gasteiger partial charge is 0.315 e. The van der Waals surface area contributed by atoms with E-state index < -0.39 is 5.60 Å². The maximum absolute atomic E-state index is 11.9. The van der Waals surface area contributed by atoms with E-state index in [0.29, 0.717) is 6.54 Å². The summed E-state index contributed by atoms with van der Waals surface area (Å²) in [7, 11) is 0. The molecule has 22 heavy (non-hydrogen) atoms. The molecule has 1 atom stereocenters. The van der Waals surface area contributed by atoms with Gasteiger partial charge in [0.15, 0.2) is 0 Å². The molecule has 0 bridgehead atoms. The summed E-state index contributed by atoms with van der Waals surface area (Å²) in [5, 5.41) is 16.9. The first kappa shape index (κ1) is 16.5. The minimum Gasteiger partial charge on any atom is -0.384 e. The molecule has 0 radical (unpaired) electrons. The van der Waals surface area contributed by atoms with E-state index in [1.807, 2.05) is 44.2 Å². The molecule has 2 rings (SSSR count).